The van der Waals surface area contributed by atoms with Gasteiger partial charge in [0.25, 0.3) is 0 Å². The van der Waals surface area contributed by atoms with Gasteiger partial charge in [0.2, 0.25) is 5.91 Å². The third-order valence-corrected chi connectivity index (χ3v) is 5.88. The predicted octanol–water partition coefficient (Wildman–Crippen LogP) is 1.68. The van der Waals surface area contributed by atoms with Crippen molar-refractivity contribution in [2.45, 2.75) is 18.2 Å². The molecule has 0 radical (unpaired) electrons. The van der Waals surface area contributed by atoms with Crippen LogP contribution in [-0.4, -0.2) is 72.4 Å². The van der Waals surface area contributed by atoms with Crippen LogP contribution < -0.4 is 15.2 Å². The first-order chi connectivity index (χ1) is 14.5. The first kappa shape index (κ1) is 20.9. The van der Waals surface area contributed by atoms with E-state index in [0.717, 1.165) is 18.7 Å². The molecule has 0 spiro atoms. The number of hydrogen-bond donors (Lipinski definition) is 2. The molecule has 1 fully saturated rings. The van der Waals surface area contributed by atoms with Crippen LogP contribution in [0.25, 0.3) is 0 Å². The van der Waals surface area contributed by atoms with E-state index in [4.69, 9.17) is 26.8 Å². The number of nitrogens with zero attached hydrogens (tertiary/aromatic N) is 2. The maximum atomic E-state index is 12.1. The molecule has 0 aromatic heterocycles. The monoisotopic (exact) mass is 431 g/mol. The Morgan fingerprint density at radius 3 is 2.43 bits per heavy atom. The van der Waals surface area contributed by atoms with Crippen LogP contribution >= 0.6 is 11.6 Å². The summed E-state index contributed by atoms with van der Waals surface area (Å²) in [6.07, 6.45) is -1.08. The average Bonchev–Trinajstić information content (AvgIpc) is 2.76. The number of carbonyl (C=O) groups is 1. The molecule has 2 heterocycles. The number of benzene rings is 2. The molecule has 0 saturated carbocycles. The van der Waals surface area contributed by atoms with Crippen molar-refractivity contribution in [2.75, 3.05) is 39.3 Å². The van der Waals surface area contributed by atoms with Gasteiger partial charge in [-0.25, -0.2) is 0 Å². The molecule has 1 amide bonds. The lowest BCUT2D eigenvalue weighted by atomic mass is 10.0. The van der Waals surface area contributed by atoms with Gasteiger partial charge in [0.05, 0.1) is 0 Å². The second-order valence-electron chi connectivity index (χ2n) is 7.67. The van der Waals surface area contributed by atoms with Crippen LogP contribution in [0.3, 0.4) is 0 Å². The van der Waals surface area contributed by atoms with Crippen molar-refractivity contribution < 1.29 is 19.4 Å². The maximum Gasteiger partial charge on any atom is 0.239 e. The smallest absolute Gasteiger partial charge is 0.239 e. The Morgan fingerprint density at radius 2 is 1.77 bits per heavy atom. The van der Waals surface area contributed by atoms with Gasteiger partial charge in [-0.2, -0.15) is 0 Å². The highest BCUT2D eigenvalue weighted by molar-refractivity contribution is 6.30. The van der Waals surface area contributed by atoms with Crippen molar-refractivity contribution in [3.05, 3.63) is 59.1 Å². The fourth-order valence-electron chi connectivity index (χ4n) is 4.01. The molecule has 3 unspecified atom stereocenters. The molecule has 160 valence electrons. The molecule has 2 aliphatic rings. The Kier molecular flexibility index (Phi) is 6.43. The highest BCUT2D eigenvalue weighted by Gasteiger charge is 2.32. The van der Waals surface area contributed by atoms with E-state index in [1.54, 1.807) is 12.1 Å². The van der Waals surface area contributed by atoms with Crippen molar-refractivity contribution in [3.8, 4) is 11.5 Å². The molecule has 3 atom stereocenters. The fraction of sp³-hybridized carbons (Fsp3) is 0.409. The summed E-state index contributed by atoms with van der Waals surface area (Å²) in [6, 6.07) is 14.2. The molecular weight excluding hydrogens is 406 g/mol. The van der Waals surface area contributed by atoms with Crippen LogP contribution in [0.5, 0.6) is 11.5 Å². The topological polar surface area (TPSA) is 88.3 Å². The number of halogens is 1. The number of carbonyl (C=O) groups excluding carboxylic acids is 1. The molecule has 3 N–H and O–H groups in total. The summed E-state index contributed by atoms with van der Waals surface area (Å²) in [5.41, 5.74) is 6.53. The van der Waals surface area contributed by atoms with E-state index in [-0.39, 0.29) is 5.91 Å². The Balaban J connectivity index is 1.32. The number of aliphatic hydroxyl groups is 1. The second kappa shape index (κ2) is 9.22. The summed E-state index contributed by atoms with van der Waals surface area (Å²) >= 11 is 5.96. The Morgan fingerprint density at radius 1 is 1.10 bits per heavy atom. The standard InChI is InChI=1S/C22H26ClN3O4/c23-16-7-5-15(6-8-16)21(22(24)28)26-11-9-25(10-12-26)13-17(27)20-14-29-18-3-1-2-4-19(18)30-20/h1-8,17,20-21,27H,9-14H2,(H2,24,28). The normalized spacial score (nSPS) is 21.7. The summed E-state index contributed by atoms with van der Waals surface area (Å²) in [6.45, 7) is 3.59. The maximum absolute atomic E-state index is 12.1. The van der Waals surface area contributed by atoms with E-state index >= 15 is 0 Å². The van der Waals surface area contributed by atoms with Gasteiger partial charge in [0.1, 0.15) is 18.8 Å². The lowest BCUT2D eigenvalue weighted by Crippen LogP contribution is -2.54. The number of ether oxygens (including phenoxy) is 2. The van der Waals surface area contributed by atoms with E-state index in [1.807, 2.05) is 36.4 Å². The van der Waals surface area contributed by atoms with E-state index < -0.39 is 18.2 Å². The summed E-state index contributed by atoms with van der Waals surface area (Å²) in [5.74, 6) is 0.983. The van der Waals surface area contributed by atoms with Gasteiger partial charge in [-0.15, -0.1) is 0 Å². The van der Waals surface area contributed by atoms with Crippen LogP contribution in [-0.2, 0) is 4.79 Å². The lowest BCUT2D eigenvalue weighted by molar-refractivity contribution is -0.124. The van der Waals surface area contributed by atoms with Crippen LogP contribution in [0, 0.1) is 0 Å². The van der Waals surface area contributed by atoms with Crippen LogP contribution in [0.1, 0.15) is 11.6 Å². The minimum Gasteiger partial charge on any atom is -0.486 e. The number of hydrogen-bond acceptors (Lipinski definition) is 6. The number of nitrogens with two attached hydrogens (primary N) is 1. The first-order valence-electron chi connectivity index (χ1n) is 10.1. The van der Waals surface area contributed by atoms with Crippen molar-refractivity contribution in [1.29, 1.82) is 0 Å². The summed E-state index contributed by atoms with van der Waals surface area (Å²) in [5, 5.41) is 11.3. The number of amides is 1. The summed E-state index contributed by atoms with van der Waals surface area (Å²) in [4.78, 5) is 16.4. The minimum absolute atomic E-state index is 0.318. The largest absolute Gasteiger partial charge is 0.486 e. The number of piperazine rings is 1. The second-order valence-corrected chi connectivity index (χ2v) is 8.11. The SMILES string of the molecule is NC(=O)C(c1ccc(Cl)cc1)N1CCN(CC(O)C2COc3ccccc3O2)CC1. The number of β-amino-alcohol motifs (C(OH)–C–C–N with tert-alkyl or cyclic N) is 1. The first-order valence-corrected chi connectivity index (χ1v) is 10.5. The summed E-state index contributed by atoms with van der Waals surface area (Å²) in [7, 11) is 0. The third kappa shape index (κ3) is 4.70. The van der Waals surface area contributed by atoms with E-state index in [2.05, 4.69) is 9.80 Å². The van der Waals surface area contributed by atoms with Crippen LogP contribution in [0.15, 0.2) is 48.5 Å². The zero-order valence-corrected chi connectivity index (χ0v) is 17.4. The summed E-state index contributed by atoms with van der Waals surface area (Å²) < 4.78 is 11.6. The Labute approximate surface area is 180 Å². The quantitative estimate of drug-likeness (QED) is 0.723. The van der Waals surface area contributed by atoms with Crippen molar-refractivity contribution >= 4 is 17.5 Å². The number of fused-ring (bicyclic) bond motifs is 1. The molecule has 7 nitrogen and oxygen atoms in total. The van der Waals surface area contributed by atoms with Gasteiger partial charge in [0, 0.05) is 37.7 Å². The molecule has 4 rings (SSSR count). The van der Waals surface area contributed by atoms with E-state index in [0.29, 0.717) is 42.8 Å². The zero-order valence-electron chi connectivity index (χ0n) is 16.6. The van der Waals surface area contributed by atoms with Crippen molar-refractivity contribution in [1.82, 2.24) is 9.80 Å². The molecule has 30 heavy (non-hydrogen) atoms. The molecule has 0 bridgehead atoms. The van der Waals surface area contributed by atoms with Crippen LogP contribution in [0.2, 0.25) is 5.02 Å². The Bertz CT molecular complexity index is 871. The minimum atomic E-state index is -0.673. The van der Waals surface area contributed by atoms with E-state index in [9.17, 15) is 9.90 Å². The highest BCUT2D eigenvalue weighted by Crippen LogP contribution is 2.32. The predicted molar refractivity (Wildman–Crippen MR) is 114 cm³/mol. The molecule has 1 saturated heterocycles. The number of primary amides is 1. The van der Waals surface area contributed by atoms with E-state index in [1.165, 1.54) is 0 Å². The van der Waals surface area contributed by atoms with Crippen molar-refractivity contribution in [3.63, 3.8) is 0 Å². The van der Waals surface area contributed by atoms with Gasteiger partial charge >= 0.3 is 0 Å². The lowest BCUT2D eigenvalue weighted by Gasteiger charge is -2.39. The van der Waals surface area contributed by atoms with Gasteiger partial charge in [-0.3, -0.25) is 14.6 Å². The third-order valence-electron chi connectivity index (χ3n) is 5.63. The van der Waals surface area contributed by atoms with Gasteiger partial charge in [-0.1, -0.05) is 35.9 Å². The molecule has 8 heteroatoms. The number of para-hydroxylation sites is 2. The molecule has 2 aromatic carbocycles. The fourth-order valence-corrected chi connectivity index (χ4v) is 4.14. The highest BCUT2D eigenvalue weighted by atomic mass is 35.5. The molecule has 2 aromatic rings. The Hall–Kier alpha value is -2.32. The van der Waals surface area contributed by atoms with Crippen molar-refractivity contribution in [2.24, 2.45) is 5.73 Å². The molecule has 2 aliphatic heterocycles. The molecular formula is C22H26ClN3O4. The average molecular weight is 432 g/mol. The van der Waals surface area contributed by atoms with Crippen LogP contribution in [0.4, 0.5) is 0 Å². The number of aliphatic hydroxyl groups excluding tert-OH is 1. The molecule has 0 aliphatic carbocycles. The van der Waals surface area contributed by atoms with Gasteiger partial charge in [-0.05, 0) is 29.8 Å². The zero-order chi connectivity index (χ0) is 21.1. The number of rotatable bonds is 6. The van der Waals surface area contributed by atoms with Gasteiger partial charge < -0.3 is 20.3 Å². The van der Waals surface area contributed by atoms with Gasteiger partial charge in [0.15, 0.2) is 17.6 Å².